The number of carbonyl (C=O) groups is 1. The Kier molecular flexibility index (Phi) is 4.05. The summed E-state index contributed by atoms with van der Waals surface area (Å²) in [4.78, 5) is 15.7. The van der Waals surface area contributed by atoms with E-state index in [0.29, 0.717) is 25.6 Å². The molecule has 3 rings (SSSR count). The number of rotatable bonds is 5. The highest BCUT2D eigenvalue weighted by Crippen LogP contribution is 2.36. The Morgan fingerprint density at radius 3 is 2.84 bits per heavy atom. The average molecular weight is 268 g/mol. The number of hydrogen-bond acceptors (Lipinski definition) is 4. The molecule has 19 heavy (non-hydrogen) atoms. The summed E-state index contributed by atoms with van der Waals surface area (Å²) in [5.74, 6) is 0.959. The third-order valence-corrected chi connectivity index (χ3v) is 4.49. The van der Waals surface area contributed by atoms with Crippen LogP contribution in [0.15, 0.2) is 0 Å². The molecule has 0 aromatic heterocycles. The molecule has 0 spiro atoms. The molecule has 3 aliphatic rings. The van der Waals surface area contributed by atoms with Crippen molar-refractivity contribution in [3.63, 3.8) is 0 Å². The van der Waals surface area contributed by atoms with E-state index < -0.39 is 6.10 Å². The highest BCUT2D eigenvalue weighted by molar-refractivity contribution is 5.78. The second kappa shape index (κ2) is 5.77. The van der Waals surface area contributed by atoms with Crippen LogP contribution in [0.3, 0.4) is 0 Å². The summed E-state index contributed by atoms with van der Waals surface area (Å²) in [5, 5.41) is 10.2. The number of amides is 1. The zero-order chi connectivity index (χ0) is 13.2. The average Bonchev–Trinajstić information content (AvgIpc) is 3.16. The van der Waals surface area contributed by atoms with Crippen LogP contribution in [0.5, 0.6) is 0 Å². The highest BCUT2D eigenvalue weighted by Gasteiger charge is 2.37. The summed E-state index contributed by atoms with van der Waals surface area (Å²) >= 11 is 0. The Labute approximate surface area is 114 Å². The van der Waals surface area contributed by atoms with Crippen LogP contribution >= 0.6 is 0 Å². The molecule has 2 saturated heterocycles. The largest absolute Gasteiger partial charge is 0.390 e. The van der Waals surface area contributed by atoms with E-state index >= 15 is 0 Å². The number of carbonyl (C=O) groups excluding carboxylic acids is 1. The summed E-state index contributed by atoms with van der Waals surface area (Å²) in [6.45, 7) is 4.46. The van der Waals surface area contributed by atoms with Gasteiger partial charge in [0.2, 0.25) is 5.91 Å². The fourth-order valence-electron chi connectivity index (χ4n) is 3.28. The van der Waals surface area contributed by atoms with Gasteiger partial charge in [0.05, 0.1) is 19.3 Å². The molecule has 108 valence electrons. The van der Waals surface area contributed by atoms with E-state index in [9.17, 15) is 9.90 Å². The molecule has 5 heteroatoms. The normalized spacial score (nSPS) is 30.9. The summed E-state index contributed by atoms with van der Waals surface area (Å²) in [6, 6.07) is 0.484. The Bertz CT molecular complexity index is 333. The molecule has 1 N–H and O–H groups in total. The SMILES string of the molecule is O=C1CCCN1CC(O)CN1CCOCC1C1CC1. The lowest BCUT2D eigenvalue weighted by Gasteiger charge is -2.37. The van der Waals surface area contributed by atoms with E-state index in [1.807, 2.05) is 0 Å². The van der Waals surface area contributed by atoms with Crippen molar-refractivity contribution in [3.8, 4) is 0 Å². The fraction of sp³-hybridized carbons (Fsp3) is 0.929. The van der Waals surface area contributed by atoms with Crippen LogP contribution in [-0.2, 0) is 9.53 Å². The fourth-order valence-corrected chi connectivity index (χ4v) is 3.28. The van der Waals surface area contributed by atoms with Gasteiger partial charge in [-0.3, -0.25) is 9.69 Å². The highest BCUT2D eigenvalue weighted by atomic mass is 16.5. The molecule has 2 atom stereocenters. The Hall–Kier alpha value is -0.650. The number of likely N-dealkylation sites (tertiary alicyclic amines) is 1. The van der Waals surface area contributed by atoms with Crippen molar-refractivity contribution in [3.05, 3.63) is 0 Å². The monoisotopic (exact) mass is 268 g/mol. The van der Waals surface area contributed by atoms with E-state index in [2.05, 4.69) is 4.90 Å². The van der Waals surface area contributed by atoms with Gasteiger partial charge in [-0.05, 0) is 25.2 Å². The van der Waals surface area contributed by atoms with Crippen LogP contribution in [0.2, 0.25) is 0 Å². The summed E-state index contributed by atoms with van der Waals surface area (Å²) < 4.78 is 5.56. The minimum Gasteiger partial charge on any atom is -0.390 e. The van der Waals surface area contributed by atoms with E-state index in [4.69, 9.17) is 4.74 Å². The number of hydrogen-bond donors (Lipinski definition) is 1. The summed E-state index contributed by atoms with van der Waals surface area (Å²) in [6.07, 6.45) is 3.75. The van der Waals surface area contributed by atoms with Gasteiger partial charge in [0.15, 0.2) is 0 Å². The molecule has 2 aliphatic heterocycles. The van der Waals surface area contributed by atoms with Gasteiger partial charge in [-0.1, -0.05) is 0 Å². The third-order valence-electron chi connectivity index (χ3n) is 4.49. The second-order valence-electron chi connectivity index (χ2n) is 6.07. The first-order chi connectivity index (χ1) is 9.24. The molecule has 2 unspecified atom stereocenters. The molecular formula is C14H24N2O3. The lowest BCUT2D eigenvalue weighted by molar-refractivity contribution is -0.129. The number of nitrogens with zero attached hydrogens (tertiary/aromatic N) is 2. The van der Waals surface area contributed by atoms with Gasteiger partial charge in [-0.2, -0.15) is 0 Å². The van der Waals surface area contributed by atoms with E-state index in [1.165, 1.54) is 12.8 Å². The van der Waals surface area contributed by atoms with Crippen molar-refractivity contribution in [1.29, 1.82) is 0 Å². The Balaban J connectivity index is 1.49. The van der Waals surface area contributed by atoms with Gasteiger partial charge >= 0.3 is 0 Å². The Morgan fingerprint density at radius 1 is 1.32 bits per heavy atom. The maximum absolute atomic E-state index is 11.6. The molecule has 2 heterocycles. The first-order valence-electron chi connectivity index (χ1n) is 7.51. The second-order valence-corrected chi connectivity index (χ2v) is 6.07. The van der Waals surface area contributed by atoms with E-state index in [0.717, 1.165) is 38.6 Å². The standard InChI is InChI=1S/C14H24N2O3/c17-12(9-16-5-1-2-14(16)18)8-15-6-7-19-10-13(15)11-3-4-11/h11-13,17H,1-10H2. The maximum Gasteiger partial charge on any atom is 0.222 e. The zero-order valence-electron chi connectivity index (χ0n) is 11.5. The van der Waals surface area contributed by atoms with Crippen molar-refractivity contribution in [2.24, 2.45) is 5.92 Å². The molecule has 1 amide bonds. The number of morpholine rings is 1. The molecule has 5 nitrogen and oxygen atoms in total. The maximum atomic E-state index is 11.6. The molecule has 3 fully saturated rings. The molecule has 1 aliphatic carbocycles. The van der Waals surface area contributed by atoms with Crippen molar-refractivity contribution in [1.82, 2.24) is 9.80 Å². The third kappa shape index (κ3) is 3.27. The van der Waals surface area contributed by atoms with Gasteiger partial charge in [-0.15, -0.1) is 0 Å². The smallest absolute Gasteiger partial charge is 0.222 e. The van der Waals surface area contributed by atoms with Crippen molar-refractivity contribution >= 4 is 5.91 Å². The van der Waals surface area contributed by atoms with Gasteiger partial charge in [-0.25, -0.2) is 0 Å². The number of aliphatic hydroxyl groups is 1. The van der Waals surface area contributed by atoms with Crippen molar-refractivity contribution in [2.45, 2.75) is 37.8 Å². The van der Waals surface area contributed by atoms with Gasteiger partial charge in [0.1, 0.15) is 0 Å². The predicted molar refractivity (Wildman–Crippen MR) is 70.7 cm³/mol. The molecule has 0 aromatic carbocycles. The minimum absolute atomic E-state index is 0.194. The van der Waals surface area contributed by atoms with Crippen LogP contribution in [-0.4, -0.2) is 72.4 Å². The van der Waals surface area contributed by atoms with Crippen LogP contribution in [0.1, 0.15) is 25.7 Å². The number of β-amino-alcohol motifs (C(OH)–C–C–N with tert-alkyl or cyclic N) is 1. The first-order valence-corrected chi connectivity index (χ1v) is 7.51. The molecule has 0 aromatic rings. The van der Waals surface area contributed by atoms with Gasteiger partial charge in [0.25, 0.3) is 0 Å². The van der Waals surface area contributed by atoms with Gasteiger partial charge in [0, 0.05) is 38.6 Å². The predicted octanol–water partition coefficient (Wildman–Crippen LogP) is 0.0805. The van der Waals surface area contributed by atoms with Gasteiger partial charge < -0.3 is 14.7 Å². The molecule has 1 saturated carbocycles. The van der Waals surface area contributed by atoms with E-state index in [1.54, 1.807) is 4.90 Å². The van der Waals surface area contributed by atoms with Crippen LogP contribution in [0.25, 0.3) is 0 Å². The van der Waals surface area contributed by atoms with Crippen molar-refractivity contribution in [2.75, 3.05) is 39.4 Å². The molecule has 0 radical (unpaired) electrons. The van der Waals surface area contributed by atoms with Crippen LogP contribution in [0.4, 0.5) is 0 Å². The molecular weight excluding hydrogens is 244 g/mol. The lowest BCUT2D eigenvalue weighted by atomic mass is 10.1. The van der Waals surface area contributed by atoms with Crippen LogP contribution < -0.4 is 0 Å². The number of aliphatic hydroxyl groups excluding tert-OH is 1. The summed E-state index contributed by atoms with van der Waals surface area (Å²) in [5.41, 5.74) is 0. The number of ether oxygens (including phenoxy) is 1. The molecule has 0 bridgehead atoms. The quantitative estimate of drug-likeness (QED) is 0.767. The lowest BCUT2D eigenvalue weighted by Crippen LogP contribution is -2.51. The zero-order valence-corrected chi connectivity index (χ0v) is 11.5. The summed E-state index contributed by atoms with van der Waals surface area (Å²) in [7, 11) is 0. The topological polar surface area (TPSA) is 53.0 Å². The van der Waals surface area contributed by atoms with Crippen LogP contribution in [0, 0.1) is 5.92 Å². The minimum atomic E-state index is -0.429. The van der Waals surface area contributed by atoms with E-state index in [-0.39, 0.29) is 5.91 Å². The first kappa shape index (κ1) is 13.3. The Morgan fingerprint density at radius 2 is 2.16 bits per heavy atom. The van der Waals surface area contributed by atoms with Crippen molar-refractivity contribution < 1.29 is 14.6 Å².